The first-order valence-corrected chi connectivity index (χ1v) is 5.99. The molecule has 1 rings (SSSR count). The van der Waals surface area contributed by atoms with Crippen LogP contribution in [-0.4, -0.2) is 22.5 Å². The first-order valence-electron chi connectivity index (χ1n) is 5.07. The molecule has 0 bridgehead atoms. The van der Waals surface area contributed by atoms with Crippen LogP contribution in [-0.2, 0) is 9.53 Å². The maximum atomic E-state index is 10.8. The van der Waals surface area contributed by atoms with Crippen molar-refractivity contribution in [1.29, 1.82) is 0 Å². The number of aromatic hydroxyl groups is 1. The highest BCUT2D eigenvalue weighted by atomic mass is 79.9. The van der Waals surface area contributed by atoms with Crippen molar-refractivity contribution in [3.8, 4) is 5.75 Å². The molecule has 1 aromatic rings. The minimum Gasteiger partial charge on any atom is -0.508 e. The van der Waals surface area contributed by atoms with E-state index in [0.29, 0.717) is 0 Å². The van der Waals surface area contributed by atoms with Crippen LogP contribution >= 0.6 is 15.9 Å². The summed E-state index contributed by atoms with van der Waals surface area (Å²) in [5.74, 6) is -0.135. The Labute approximate surface area is 104 Å². The Morgan fingerprint density at radius 2 is 2.12 bits per heavy atom. The summed E-state index contributed by atoms with van der Waals surface area (Å²) in [5.41, 5.74) is 0.785. The molecule has 2 atom stereocenters. The average Bonchev–Trinajstić information content (AvgIpc) is 2.20. The molecule has 0 radical (unpaired) electrons. The van der Waals surface area contributed by atoms with Crippen molar-refractivity contribution < 1.29 is 14.6 Å². The monoisotopic (exact) mass is 286 g/mol. The zero-order valence-corrected chi connectivity index (χ0v) is 10.9. The number of phenols is 1. The predicted molar refractivity (Wildman–Crippen MR) is 65.9 cm³/mol. The molecule has 0 aliphatic rings. The second kappa shape index (κ2) is 5.89. The molecule has 0 fully saturated rings. The molecule has 0 heterocycles. The molecule has 0 aromatic heterocycles. The fourth-order valence-corrected chi connectivity index (χ4v) is 1.92. The molecule has 88 valence electrons. The minimum absolute atomic E-state index is 0.0508. The van der Waals surface area contributed by atoms with Gasteiger partial charge in [0.25, 0.3) is 0 Å². The molecule has 1 N–H and O–H groups in total. The van der Waals surface area contributed by atoms with E-state index >= 15 is 0 Å². The molecule has 16 heavy (non-hydrogen) atoms. The zero-order valence-electron chi connectivity index (χ0n) is 9.31. The molecule has 0 amide bonds. The number of benzene rings is 1. The van der Waals surface area contributed by atoms with Gasteiger partial charge < -0.3 is 9.84 Å². The lowest BCUT2D eigenvalue weighted by molar-refractivity contribution is -0.141. The second-order valence-electron chi connectivity index (χ2n) is 3.65. The number of hydrogen-bond acceptors (Lipinski definition) is 3. The molecule has 0 spiro atoms. The van der Waals surface area contributed by atoms with Crippen LogP contribution in [0.4, 0.5) is 0 Å². The van der Waals surface area contributed by atoms with Crippen LogP contribution in [0.1, 0.15) is 25.3 Å². The number of phenolic OH excluding ortho intramolecular Hbond substituents is 1. The van der Waals surface area contributed by atoms with E-state index in [1.165, 1.54) is 6.92 Å². The quantitative estimate of drug-likeness (QED) is 0.684. The molecule has 0 aliphatic heterocycles. The average molecular weight is 287 g/mol. The SMILES string of the molecule is CC(=O)OCC(c1ccccc1O)C(C)Br. The van der Waals surface area contributed by atoms with Gasteiger partial charge in [0, 0.05) is 23.2 Å². The van der Waals surface area contributed by atoms with Crippen molar-refractivity contribution >= 4 is 21.9 Å². The van der Waals surface area contributed by atoms with Gasteiger partial charge in [0.1, 0.15) is 5.75 Å². The van der Waals surface area contributed by atoms with E-state index in [9.17, 15) is 9.90 Å². The molecule has 3 nitrogen and oxygen atoms in total. The van der Waals surface area contributed by atoms with Gasteiger partial charge in [0.05, 0.1) is 6.61 Å². The Bertz CT molecular complexity index is 363. The number of hydrogen-bond donors (Lipinski definition) is 1. The molecule has 0 saturated heterocycles. The first kappa shape index (κ1) is 13.0. The van der Waals surface area contributed by atoms with Gasteiger partial charge in [-0.3, -0.25) is 4.79 Å². The van der Waals surface area contributed by atoms with Crippen molar-refractivity contribution in [2.45, 2.75) is 24.6 Å². The molecule has 4 heteroatoms. The topological polar surface area (TPSA) is 46.5 Å². The van der Waals surface area contributed by atoms with Gasteiger partial charge in [-0.05, 0) is 6.07 Å². The van der Waals surface area contributed by atoms with Gasteiger partial charge in [0.2, 0.25) is 0 Å². The van der Waals surface area contributed by atoms with Crippen LogP contribution in [0.15, 0.2) is 24.3 Å². The van der Waals surface area contributed by atoms with Gasteiger partial charge >= 0.3 is 5.97 Å². The lowest BCUT2D eigenvalue weighted by Gasteiger charge is -2.20. The summed E-state index contributed by atoms with van der Waals surface area (Å²) in [5, 5.41) is 9.73. The lowest BCUT2D eigenvalue weighted by Crippen LogP contribution is -2.17. The summed E-state index contributed by atoms with van der Waals surface area (Å²) in [4.78, 5) is 10.9. The Hall–Kier alpha value is -1.03. The third-order valence-electron chi connectivity index (χ3n) is 2.36. The number of para-hydroxylation sites is 1. The highest BCUT2D eigenvalue weighted by molar-refractivity contribution is 9.09. The third kappa shape index (κ3) is 3.52. The van der Waals surface area contributed by atoms with E-state index in [1.54, 1.807) is 12.1 Å². The van der Waals surface area contributed by atoms with Gasteiger partial charge in [-0.15, -0.1) is 0 Å². The lowest BCUT2D eigenvalue weighted by atomic mass is 9.96. The van der Waals surface area contributed by atoms with E-state index in [-0.39, 0.29) is 29.1 Å². The Morgan fingerprint density at radius 3 is 2.62 bits per heavy atom. The molecule has 0 aliphatic carbocycles. The van der Waals surface area contributed by atoms with Crippen molar-refractivity contribution in [2.24, 2.45) is 0 Å². The highest BCUT2D eigenvalue weighted by Gasteiger charge is 2.21. The van der Waals surface area contributed by atoms with E-state index in [2.05, 4.69) is 15.9 Å². The number of esters is 1. The Balaban J connectivity index is 2.85. The van der Waals surface area contributed by atoms with Gasteiger partial charge in [0.15, 0.2) is 0 Å². The largest absolute Gasteiger partial charge is 0.508 e. The van der Waals surface area contributed by atoms with E-state index in [4.69, 9.17) is 4.74 Å². The van der Waals surface area contributed by atoms with Gasteiger partial charge in [-0.1, -0.05) is 41.1 Å². The van der Waals surface area contributed by atoms with Crippen LogP contribution in [0, 0.1) is 0 Å². The number of rotatable bonds is 4. The molecule has 0 saturated carbocycles. The van der Waals surface area contributed by atoms with Crippen molar-refractivity contribution in [1.82, 2.24) is 0 Å². The first-order chi connectivity index (χ1) is 7.52. The number of carbonyl (C=O) groups excluding carboxylic acids is 1. The highest BCUT2D eigenvalue weighted by Crippen LogP contribution is 2.31. The summed E-state index contributed by atoms with van der Waals surface area (Å²) < 4.78 is 4.99. The summed E-state index contributed by atoms with van der Waals surface area (Å²) >= 11 is 3.46. The molecule has 2 unspecified atom stereocenters. The molecular weight excluding hydrogens is 272 g/mol. The number of ether oxygens (including phenoxy) is 1. The van der Waals surface area contributed by atoms with Gasteiger partial charge in [-0.2, -0.15) is 0 Å². The Morgan fingerprint density at radius 1 is 1.50 bits per heavy atom. The maximum Gasteiger partial charge on any atom is 0.302 e. The Kier molecular flexibility index (Phi) is 4.80. The standard InChI is InChI=1S/C12H15BrO3/c1-8(13)11(7-16-9(2)14)10-5-3-4-6-12(10)15/h3-6,8,11,15H,7H2,1-2H3. The van der Waals surface area contributed by atoms with E-state index < -0.39 is 0 Å². The van der Waals surface area contributed by atoms with Crippen LogP contribution in [0.25, 0.3) is 0 Å². The number of alkyl halides is 1. The summed E-state index contributed by atoms with van der Waals surface area (Å²) in [6.07, 6.45) is 0. The fourth-order valence-electron chi connectivity index (χ4n) is 1.48. The van der Waals surface area contributed by atoms with E-state index in [1.807, 2.05) is 19.1 Å². The summed E-state index contributed by atoms with van der Waals surface area (Å²) in [6, 6.07) is 7.08. The predicted octanol–water partition coefficient (Wildman–Crippen LogP) is 2.82. The van der Waals surface area contributed by atoms with Crippen molar-refractivity contribution in [3.05, 3.63) is 29.8 Å². The van der Waals surface area contributed by atoms with Crippen LogP contribution in [0.3, 0.4) is 0 Å². The minimum atomic E-state index is -0.312. The van der Waals surface area contributed by atoms with Crippen molar-refractivity contribution in [2.75, 3.05) is 6.61 Å². The fraction of sp³-hybridized carbons (Fsp3) is 0.417. The number of halogens is 1. The van der Waals surface area contributed by atoms with Crippen LogP contribution in [0.5, 0.6) is 5.75 Å². The summed E-state index contributed by atoms with van der Waals surface area (Å²) in [7, 11) is 0. The number of carbonyl (C=O) groups is 1. The van der Waals surface area contributed by atoms with E-state index in [0.717, 1.165) is 5.56 Å². The third-order valence-corrected chi connectivity index (χ3v) is 2.99. The van der Waals surface area contributed by atoms with Crippen molar-refractivity contribution in [3.63, 3.8) is 0 Å². The zero-order chi connectivity index (χ0) is 12.1. The van der Waals surface area contributed by atoms with Crippen LogP contribution < -0.4 is 0 Å². The maximum absolute atomic E-state index is 10.8. The smallest absolute Gasteiger partial charge is 0.302 e. The molecular formula is C12H15BrO3. The van der Waals surface area contributed by atoms with Crippen LogP contribution in [0.2, 0.25) is 0 Å². The molecule has 1 aromatic carbocycles. The second-order valence-corrected chi connectivity index (χ2v) is 5.09. The van der Waals surface area contributed by atoms with Gasteiger partial charge in [-0.25, -0.2) is 0 Å². The normalized spacial score (nSPS) is 14.2. The summed E-state index contributed by atoms with van der Waals surface area (Å²) in [6.45, 7) is 3.60.